The van der Waals surface area contributed by atoms with Crippen LogP contribution in [0.2, 0.25) is 0 Å². The molecule has 2 aromatic heterocycles. The highest BCUT2D eigenvalue weighted by atomic mass is 16.5. The van der Waals surface area contributed by atoms with Gasteiger partial charge in [0.2, 0.25) is 0 Å². The van der Waals surface area contributed by atoms with Gasteiger partial charge < -0.3 is 19.1 Å². The molecule has 2 aliphatic heterocycles. The van der Waals surface area contributed by atoms with Crippen LogP contribution in [0, 0.1) is 11.3 Å². The van der Waals surface area contributed by atoms with E-state index in [0.29, 0.717) is 55.8 Å². The number of hydrogen-bond donors (Lipinski definition) is 1. The van der Waals surface area contributed by atoms with Gasteiger partial charge in [-0.25, -0.2) is 14.8 Å². The lowest BCUT2D eigenvalue weighted by Crippen LogP contribution is -2.42. The van der Waals surface area contributed by atoms with Crippen LogP contribution in [0.15, 0.2) is 18.3 Å². The van der Waals surface area contributed by atoms with Gasteiger partial charge >= 0.3 is 6.03 Å². The number of nitrogens with one attached hydrogen (secondary N) is 1. The number of aromatic nitrogens is 2. The van der Waals surface area contributed by atoms with Crippen LogP contribution in [0.5, 0.6) is 5.75 Å². The fraction of sp³-hybridized carbons (Fsp3) is 0.481. The van der Waals surface area contributed by atoms with Gasteiger partial charge in [-0.3, -0.25) is 19.8 Å². The summed E-state index contributed by atoms with van der Waals surface area (Å²) in [5, 5.41) is 12.2. The van der Waals surface area contributed by atoms with Crippen molar-refractivity contribution in [3.8, 4) is 11.8 Å². The number of likely N-dealkylation sites (tertiary alicyclic amines) is 1. The maximum atomic E-state index is 13.3. The highest BCUT2D eigenvalue weighted by molar-refractivity contribution is 6.01. The summed E-state index contributed by atoms with van der Waals surface area (Å²) < 4.78 is 16.6. The molecule has 3 aliphatic rings. The number of aldehydes is 1. The predicted octanol–water partition coefficient (Wildman–Crippen LogP) is 2.45. The van der Waals surface area contributed by atoms with Crippen LogP contribution in [-0.4, -0.2) is 78.7 Å². The van der Waals surface area contributed by atoms with Crippen LogP contribution < -0.4 is 15.0 Å². The molecule has 12 nitrogen and oxygen atoms in total. The molecule has 3 atom stereocenters. The van der Waals surface area contributed by atoms with Crippen LogP contribution in [0.1, 0.15) is 52.9 Å². The van der Waals surface area contributed by atoms with Gasteiger partial charge in [0.15, 0.2) is 6.29 Å². The second kappa shape index (κ2) is 11.3. The molecular weight excluding hydrogens is 504 g/mol. The lowest BCUT2D eigenvalue weighted by Gasteiger charge is -2.35. The second-order valence-corrected chi connectivity index (χ2v) is 9.78. The normalized spacial score (nSPS) is 22.1. The number of urea groups is 1. The lowest BCUT2D eigenvalue weighted by molar-refractivity contribution is -0.136. The molecule has 1 saturated carbocycles. The number of amides is 3. The van der Waals surface area contributed by atoms with E-state index >= 15 is 0 Å². The third-order valence-corrected chi connectivity index (χ3v) is 7.48. The van der Waals surface area contributed by atoms with E-state index in [0.717, 1.165) is 18.4 Å². The number of nitriles is 1. The number of hydrogen-bond acceptors (Lipinski definition) is 9. The molecular formula is C27H30N6O6. The Morgan fingerprint density at radius 1 is 1.21 bits per heavy atom. The molecule has 2 fully saturated rings. The van der Waals surface area contributed by atoms with Gasteiger partial charge in [0.05, 0.1) is 12.3 Å². The summed E-state index contributed by atoms with van der Waals surface area (Å²) in [6.45, 7) is 1.19. The summed E-state index contributed by atoms with van der Waals surface area (Å²) in [6.07, 6.45) is 5.00. The predicted molar refractivity (Wildman–Crippen MR) is 139 cm³/mol. The van der Waals surface area contributed by atoms with Gasteiger partial charge in [-0.15, -0.1) is 0 Å². The molecule has 2 aromatic rings. The number of carbonyl (C=O) groups excluding carboxylic acids is 3. The second-order valence-electron chi connectivity index (χ2n) is 9.78. The zero-order chi connectivity index (χ0) is 27.5. The molecule has 1 aliphatic carbocycles. The zero-order valence-corrected chi connectivity index (χ0v) is 21.9. The van der Waals surface area contributed by atoms with E-state index < -0.39 is 12.1 Å². The van der Waals surface area contributed by atoms with E-state index in [2.05, 4.69) is 21.4 Å². The van der Waals surface area contributed by atoms with Gasteiger partial charge in [-0.1, -0.05) is 0 Å². The molecule has 0 aromatic carbocycles. The van der Waals surface area contributed by atoms with E-state index in [1.165, 1.54) is 24.3 Å². The summed E-state index contributed by atoms with van der Waals surface area (Å²) in [5.41, 5.74) is 1.90. The van der Waals surface area contributed by atoms with Crippen molar-refractivity contribution in [2.24, 2.45) is 0 Å². The summed E-state index contributed by atoms with van der Waals surface area (Å²) in [4.78, 5) is 49.6. The minimum Gasteiger partial charge on any atom is -0.486 e. The molecule has 12 heteroatoms. The van der Waals surface area contributed by atoms with E-state index in [1.54, 1.807) is 12.0 Å². The minimum atomic E-state index is -0.466. The monoisotopic (exact) mass is 534 g/mol. The first-order valence-corrected chi connectivity index (χ1v) is 12.9. The zero-order valence-electron chi connectivity index (χ0n) is 21.9. The van der Waals surface area contributed by atoms with Crippen molar-refractivity contribution in [3.63, 3.8) is 0 Å². The van der Waals surface area contributed by atoms with Gasteiger partial charge in [0.1, 0.15) is 46.9 Å². The molecule has 39 heavy (non-hydrogen) atoms. The number of fused-ring (bicyclic) bond motifs is 1. The van der Waals surface area contributed by atoms with Crippen LogP contribution in [0.25, 0.3) is 0 Å². The van der Waals surface area contributed by atoms with Gasteiger partial charge in [0, 0.05) is 51.9 Å². The molecule has 1 saturated heterocycles. The average Bonchev–Trinajstić information content (AvgIpc) is 3.29. The Morgan fingerprint density at radius 3 is 2.69 bits per heavy atom. The first-order valence-electron chi connectivity index (χ1n) is 12.9. The van der Waals surface area contributed by atoms with Gasteiger partial charge in [-0.05, 0) is 37.3 Å². The maximum Gasteiger partial charge on any atom is 0.328 e. The Balaban J connectivity index is 1.34. The van der Waals surface area contributed by atoms with E-state index in [1.807, 2.05) is 6.07 Å². The van der Waals surface area contributed by atoms with Crippen molar-refractivity contribution in [3.05, 3.63) is 40.7 Å². The summed E-state index contributed by atoms with van der Waals surface area (Å²) in [7, 11) is 3.13. The first kappa shape index (κ1) is 26.5. The largest absolute Gasteiger partial charge is 0.486 e. The topological polar surface area (TPSA) is 147 Å². The molecule has 0 radical (unpaired) electrons. The smallest absolute Gasteiger partial charge is 0.328 e. The third kappa shape index (κ3) is 5.28. The quantitative estimate of drug-likeness (QED) is 0.504. The Bertz CT molecular complexity index is 1320. The summed E-state index contributed by atoms with van der Waals surface area (Å²) >= 11 is 0. The number of pyridine rings is 2. The Hall–Kier alpha value is -4.08. The van der Waals surface area contributed by atoms with Gasteiger partial charge in [-0.2, -0.15) is 5.26 Å². The number of rotatable bonds is 8. The van der Waals surface area contributed by atoms with E-state index in [-0.39, 0.29) is 41.7 Å². The van der Waals surface area contributed by atoms with Crippen LogP contribution in [-0.2, 0) is 27.2 Å². The summed E-state index contributed by atoms with van der Waals surface area (Å²) in [5.74, 6) is 0.838. The highest BCUT2D eigenvalue weighted by Gasteiger charge is 2.34. The van der Waals surface area contributed by atoms with Crippen LogP contribution in [0.3, 0.4) is 0 Å². The number of nitrogens with zero attached hydrogens (tertiary/aromatic N) is 5. The van der Waals surface area contributed by atoms with Crippen molar-refractivity contribution in [1.29, 1.82) is 5.26 Å². The number of anilines is 2. The van der Waals surface area contributed by atoms with E-state index in [9.17, 15) is 19.6 Å². The molecule has 4 heterocycles. The maximum absolute atomic E-state index is 13.3. The van der Waals surface area contributed by atoms with Crippen molar-refractivity contribution >= 4 is 29.9 Å². The molecule has 0 spiro atoms. The van der Waals surface area contributed by atoms with Gasteiger partial charge in [0.25, 0.3) is 5.91 Å². The van der Waals surface area contributed by atoms with Crippen LogP contribution >= 0.6 is 0 Å². The third-order valence-electron chi connectivity index (χ3n) is 7.48. The number of methoxy groups -OCH3 is 2. The first-order chi connectivity index (χ1) is 18.9. The number of aryl methyl sites for hydroxylation is 1. The minimum absolute atomic E-state index is 0.0411. The molecule has 3 amide bonds. The lowest BCUT2D eigenvalue weighted by atomic mass is 9.92. The average molecular weight is 535 g/mol. The number of carbonyl (C=O) groups is 3. The number of ether oxygens (including phenoxy) is 3. The summed E-state index contributed by atoms with van der Waals surface area (Å²) in [6, 6.07) is 4.98. The molecule has 5 rings (SSSR count). The van der Waals surface area contributed by atoms with Crippen molar-refractivity contribution in [1.82, 2.24) is 14.9 Å². The fourth-order valence-electron chi connectivity index (χ4n) is 5.15. The van der Waals surface area contributed by atoms with Crippen molar-refractivity contribution < 1.29 is 28.6 Å². The SMILES string of the molecule is CO[C@H]1CC[C@H]1Oc1cc(NC(=O)N2CCCc3cc(CN4CC[C@@H](OC)C4=O)c(C=O)nc32)ncc1C#N. The molecule has 0 unspecified atom stereocenters. The fourth-order valence-corrected chi connectivity index (χ4v) is 5.15. The molecule has 1 N–H and O–H groups in total. The van der Waals surface area contributed by atoms with E-state index in [4.69, 9.17) is 14.2 Å². The Morgan fingerprint density at radius 2 is 2.03 bits per heavy atom. The Kier molecular flexibility index (Phi) is 7.72. The Labute approximate surface area is 225 Å². The standard InChI is InChI=1S/C27H30N6O6/c1-37-20-5-6-21(20)39-23-11-24(29-13-18(23)12-28)31-27(36)33-8-3-4-16-10-17(19(15-34)30-25(16)33)14-32-9-7-22(38-2)26(32)35/h10-11,13,15,20-22H,3-9,14H2,1-2H3,(H,29,31,36)/t20-,21+,22+/m0/s1. The highest BCUT2D eigenvalue weighted by Crippen LogP contribution is 2.32. The van der Waals surface area contributed by atoms with Crippen molar-refractivity contribution in [2.75, 3.05) is 37.5 Å². The van der Waals surface area contributed by atoms with Crippen LogP contribution in [0.4, 0.5) is 16.4 Å². The van der Waals surface area contributed by atoms with Crippen molar-refractivity contribution in [2.45, 2.75) is 57.0 Å². The molecule has 0 bridgehead atoms. The molecule has 204 valence electrons.